The Morgan fingerprint density at radius 1 is 1.32 bits per heavy atom. The van der Waals surface area contributed by atoms with Crippen LogP contribution in [0.5, 0.6) is 0 Å². The lowest BCUT2D eigenvalue weighted by Crippen LogP contribution is -2.49. The van der Waals surface area contributed by atoms with Gasteiger partial charge in [0.1, 0.15) is 0 Å². The molecule has 1 aliphatic heterocycles. The molecule has 19 heavy (non-hydrogen) atoms. The van der Waals surface area contributed by atoms with Crippen LogP contribution in [-0.2, 0) is 9.59 Å². The lowest BCUT2D eigenvalue weighted by molar-refractivity contribution is -0.130. The maximum absolute atomic E-state index is 12.2. The molecule has 1 heterocycles. The van der Waals surface area contributed by atoms with E-state index in [1.807, 2.05) is 13.8 Å². The predicted octanol–water partition coefficient (Wildman–Crippen LogP) is 0.263. The Hall–Kier alpha value is -1.10. The molecule has 0 spiro atoms. The molecule has 2 amide bonds. The van der Waals surface area contributed by atoms with Crippen LogP contribution >= 0.6 is 0 Å². The van der Waals surface area contributed by atoms with Crippen LogP contribution in [0.3, 0.4) is 0 Å². The van der Waals surface area contributed by atoms with E-state index in [2.05, 4.69) is 16.0 Å². The molecule has 1 saturated carbocycles. The van der Waals surface area contributed by atoms with E-state index in [1.165, 1.54) is 12.8 Å². The van der Waals surface area contributed by atoms with Gasteiger partial charge in [-0.05, 0) is 45.1 Å². The molecule has 0 radical (unpaired) electrons. The number of hydrogen-bond donors (Lipinski definition) is 3. The Morgan fingerprint density at radius 2 is 2.05 bits per heavy atom. The van der Waals surface area contributed by atoms with E-state index >= 15 is 0 Å². The van der Waals surface area contributed by atoms with E-state index in [-0.39, 0.29) is 17.9 Å². The fourth-order valence-corrected chi connectivity index (χ4v) is 3.31. The van der Waals surface area contributed by atoms with Gasteiger partial charge in [-0.2, -0.15) is 0 Å². The van der Waals surface area contributed by atoms with Crippen LogP contribution in [0.2, 0.25) is 0 Å². The summed E-state index contributed by atoms with van der Waals surface area (Å²) in [4.78, 5) is 23.9. The average molecular weight is 267 g/mol. The van der Waals surface area contributed by atoms with Crippen molar-refractivity contribution < 1.29 is 9.59 Å². The van der Waals surface area contributed by atoms with Gasteiger partial charge in [-0.3, -0.25) is 9.59 Å². The molecule has 2 rings (SSSR count). The highest BCUT2D eigenvalue weighted by Gasteiger charge is 2.42. The Bertz CT molecular complexity index is 368. The molecule has 3 atom stereocenters. The standard InChI is InChI=1S/C14H25N3O2/c1-14(2,13(19)15-3)8-17-12(18)11-10-6-4-5-9(10)7-16-11/h9-11,16H,4-8H2,1-3H3,(H,15,19)(H,17,18). The highest BCUT2D eigenvalue weighted by molar-refractivity contribution is 5.85. The summed E-state index contributed by atoms with van der Waals surface area (Å²) >= 11 is 0. The highest BCUT2D eigenvalue weighted by Crippen LogP contribution is 2.37. The molecule has 5 heteroatoms. The van der Waals surface area contributed by atoms with Crippen molar-refractivity contribution in [2.75, 3.05) is 20.1 Å². The fourth-order valence-electron chi connectivity index (χ4n) is 3.31. The number of rotatable bonds is 4. The molecule has 0 aromatic rings. The number of carbonyl (C=O) groups is 2. The van der Waals surface area contributed by atoms with Crippen molar-refractivity contribution in [1.29, 1.82) is 0 Å². The van der Waals surface area contributed by atoms with Crippen LogP contribution in [0.25, 0.3) is 0 Å². The maximum Gasteiger partial charge on any atom is 0.237 e. The molecule has 2 aliphatic rings. The van der Waals surface area contributed by atoms with E-state index in [9.17, 15) is 9.59 Å². The van der Waals surface area contributed by atoms with Crippen LogP contribution in [0, 0.1) is 17.3 Å². The van der Waals surface area contributed by atoms with Crippen LogP contribution in [0.4, 0.5) is 0 Å². The van der Waals surface area contributed by atoms with E-state index in [1.54, 1.807) is 7.05 Å². The highest BCUT2D eigenvalue weighted by atomic mass is 16.2. The largest absolute Gasteiger partial charge is 0.359 e. The van der Waals surface area contributed by atoms with Crippen LogP contribution in [0.1, 0.15) is 33.1 Å². The van der Waals surface area contributed by atoms with Gasteiger partial charge in [-0.1, -0.05) is 6.42 Å². The van der Waals surface area contributed by atoms with Gasteiger partial charge < -0.3 is 16.0 Å². The number of fused-ring (bicyclic) bond motifs is 1. The first-order valence-corrected chi connectivity index (χ1v) is 7.19. The van der Waals surface area contributed by atoms with Gasteiger partial charge in [0.2, 0.25) is 11.8 Å². The first-order valence-electron chi connectivity index (χ1n) is 7.19. The quantitative estimate of drug-likeness (QED) is 0.684. The fraction of sp³-hybridized carbons (Fsp3) is 0.857. The van der Waals surface area contributed by atoms with Gasteiger partial charge in [0.15, 0.2) is 0 Å². The Morgan fingerprint density at radius 3 is 2.74 bits per heavy atom. The molecule has 1 aliphatic carbocycles. The van der Waals surface area contributed by atoms with E-state index in [0.29, 0.717) is 18.4 Å². The molecule has 0 aromatic carbocycles. The predicted molar refractivity (Wildman–Crippen MR) is 73.5 cm³/mol. The lowest BCUT2D eigenvalue weighted by Gasteiger charge is -2.25. The van der Waals surface area contributed by atoms with Crippen molar-refractivity contribution in [3.05, 3.63) is 0 Å². The van der Waals surface area contributed by atoms with Crippen LogP contribution in [0.15, 0.2) is 0 Å². The van der Waals surface area contributed by atoms with Gasteiger partial charge in [-0.15, -0.1) is 0 Å². The SMILES string of the molecule is CNC(=O)C(C)(C)CNC(=O)C1NCC2CCCC21. The van der Waals surface area contributed by atoms with E-state index in [4.69, 9.17) is 0 Å². The second-order valence-electron chi connectivity index (χ2n) is 6.42. The Labute approximate surface area is 114 Å². The van der Waals surface area contributed by atoms with Crippen molar-refractivity contribution >= 4 is 11.8 Å². The molecule has 1 saturated heterocycles. The summed E-state index contributed by atoms with van der Waals surface area (Å²) in [7, 11) is 1.62. The third kappa shape index (κ3) is 2.91. The van der Waals surface area contributed by atoms with Crippen LogP contribution < -0.4 is 16.0 Å². The molecule has 3 unspecified atom stereocenters. The number of amides is 2. The second kappa shape index (κ2) is 5.49. The molecule has 0 bridgehead atoms. The molecule has 0 aromatic heterocycles. The third-order valence-electron chi connectivity index (χ3n) is 4.57. The first-order chi connectivity index (χ1) is 8.95. The minimum absolute atomic E-state index is 0.0476. The minimum atomic E-state index is -0.571. The number of nitrogens with one attached hydrogen (secondary N) is 3. The van der Waals surface area contributed by atoms with Crippen molar-refractivity contribution in [3.8, 4) is 0 Å². The third-order valence-corrected chi connectivity index (χ3v) is 4.57. The summed E-state index contributed by atoms with van der Waals surface area (Å²) in [5, 5.41) is 8.89. The summed E-state index contributed by atoms with van der Waals surface area (Å²) in [5.41, 5.74) is -0.571. The molecule has 3 N–H and O–H groups in total. The molecular weight excluding hydrogens is 242 g/mol. The first kappa shape index (κ1) is 14.3. The van der Waals surface area contributed by atoms with Crippen molar-refractivity contribution in [1.82, 2.24) is 16.0 Å². The van der Waals surface area contributed by atoms with Gasteiger partial charge >= 0.3 is 0 Å². The Kier molecular flexibility index (Phi) is 4.13. The van der Waals surface area contributed by atoms with Crippen molar-refractivity contribution in [2.45, 2.75) is 39.2 Å². The average Bonchev–Trinajstić information content (AvgIpc) is 2.97. The van der Waals surface area contributed by atoms with E-state index < -0.39 is 5.41 Å². The summed E-state index contributed by atoms with van der Waals surface area (Å²) in [6.07, 6.45) is 3.63. The zero-order chi connectivity index (χ0) is 14.0. The van der Waals surface area contributed by atoms with Crippen molar-refractivity contribution in [3.63, 3.8) is 0 Å². The lowest BCUT2D eigenvalue weighted by atomic mass is 9.91. The number of hydrogen-bond acceptors (Lipinski definition) is 3. The topological polar surface area (TPSA) is 70.2 Å². The molecule has 108 valence electrons. The normalized spacial score (nSPS) is 29.9. The summed E-state index contributed by atoms with van der Waals surface area (Å²) in [5.74, 6) is 1.16. The molecule has 2 fully saturated rings. The van der Waals surface area contributed by atoms with Gasteiger partial charge in [-0.25, -0.2) is 0 Å². The zero-order valence-electron chi connectivity index (χ0n) is 12.1. The Balaban J connectivity index is 1.86. The smallest absolute Gasteiger partial charge is 0.237 e. The second-order valence-corrected chi connectivity index (χ2v) is 6.42. The summed E-state index contributed by atoms with van der Waals surface area (Å²) in [6.45, 7) is 5.02. The van der Waals surface area contributed by atoms with Gasteiger partial charge in [0, 0.05) is 13.6 Å². The monoisotopic (exact) mass is 267 g/mol. The molecular formula is C14H25N3O2. The summed E-state index contributed by atoms with van der Waals surface area (Å²) in [6, 6.07) is -0.0620. The van der Waals surface area contributed by atoms with Gasteiger partial charge in [0.25, 0.3) is 0 Å². The van der Waals surface area contributed by atoms with Crippen molar-refractivity contribution in [2.24, 2.45) is 17.3 Å². The number of carbonyl (C=O) groups excluding carboxylic acids is 2. The maximum atomic E-state index is 12.2. The van der Waals surface area contributed by atoms with E-state index in [0.717, 1.165) is 13.0 Å². The van der Waals surface area contributed by atoms with Crippen LogP contribution in [-0.4, -0.2) is 38.0 Å². The molecule has 5 nitrogen and oxygen atoms in total. The minimum Gasteiger partial charge on any atom is -0.359 e. The summed E-state index contributed by atoms with van der Waals surface area (Å²) < 4.78 is 0. The zero-order valence-corrected chi connectivity index (χ0v) is 12.1. The van der Waals surface area contributed by atoms with Gasteiger partial charge in [0.05, 0.1) is 11.5 Å².